The lowest BCUT2D eigenvalue weighted by Gasteiger charge is -2.01. The molecule has 4 nitrogen and oxygen atoms in total. The van der Waals surface area contributed by atoms with E-state index >= 15 is 0 Å². The average Bonchev–Trinajstić information content (AvgIpc) is 2.83. The molecule has 0 saturated carbocycles. The van der Waals surface area contributed by atoms with Crippen LogP contribution in [0.3, 0.4) is 0 Å². The largest absolute Gasteiger partial charge is 0.381 e. The summed E-state index contributed by atoms with van der Waals surface area (Å²) in [5.41, 5.74) is 7.85. The van der Waals surface area contributed by atoms with Crippen molar-refractivity contribution in [2.45, 2.75) is 32.1 Å². The van der Waals surface area contributed by atoms with Crippen LogP contribution in [0.4, 0.5) is 0 Å². The van der Waals surface area contributed by atoms with E-state index in [0.29, 0.717) is 5.92 Å². The van der Waals surface area contributed by atoms with Gasteiger partial charge in [-0.2, -0.15) is 0 Å². The molecule has 1 unspecified atom stereocenters. The van der Waals surface area contributed by atoms with Crippen LogP contribution in [-0.4, -0.2) is 29.7 Å². The maximum Gasteiger partial charge on any atom is 0.112 e. The monoisotopic (exact) mass is 209 g/mol. The van der Waals surface area contributed by atoms with Gasteiger partial charge in [0, 0.05) is 18.2 Å². The first-order valence-electron chi connectivity index (χ1n) is 5.64. The Morgan fingerprint density at radius 3 is 3.13 bits per heavy atom. The maximum absolute atomic E-state index is 5.50. The lowest BCUT2D eigenvalue weighted by molar-refractivity contribution is 0.193. The summed E-state index contributed by atoms with van der Waals surface area (Å²) >= 11 is 0. The Balaban J connectivity index is 2.06. The Bertz CT molecular complexity index is 316. The van der Waals surface area contributed by atoms with Gasteiger partial charge in [-0.1, -0.05) is 0 Å². The average molecular weight is 209 g/mol. The summed E-state index contributed by atoms with van der Waals surface area (Å²) in [6.07, 6.45) is 3.07. The number of hydrogen-bond acceptors (Lipinski definition) is 3. The first-order valence-corrected chi connectivity index (χ1v) is 5.64. The fraction of sp³-hybridized carbons (Fsp3) is 0.727. The van der Waals surface area contributed by atoms with Gasteiger partial charge in [-0.15, -0.1) is 0 Å². The molecule has 15 heavy (non-hydrogen) atoms. The molecule has 3 N–H and O–H groups in total. The third kappa shape index (κ3) is 2.38. The van der Waals surface area contributed by atoms with Crippen molar-refractivity contribution in [3.8, 4) is 0 Å². The van der Waals surface area contributed by atoms with Crippen LogP contribution in [0.15, 0.2) is 0 Å². The predicted octanol–water partition coefficient (Wildman–Crippen LogP) is 1.11. The van der Waals surface area contributed by atoms with Gasteiger partial charge in [-0.25, -0.2) is 4.98 Å². The van der Waals surface area contributed by atoms with Crippen molar-refractivity contribution in [3.05, 3.63) is 17.2 Å². The summed E-state index contributed by atoms with van der Waals surface area (Å²) in [7, 11) is 0. The Morgan fingerprint density at radius 2 is 2.47 bits per heavy atom. The number of rotatable bonds is 4. The van der Waals surface area contributed by atoms with E-state index in [0.717, 1.165) is 44.8 Å². The number of nitrogens with two attached hydrogens (primary N) is 1. The number of hydrogen-bond donors (Lipinski definition) is 2. The van der Waals surface area contributed by atoms with Gasteiger partial charge in [-0.05, 0) is 32.7 Å². The zero-order valence-corrected chi connectivity index (χ0v) is 9.25. The molecule has 0 aliphatic carbocycles. The van der Waals surface area contributed by atoms with Gasteiger partial charge in [0.2, 0.25) is 0 Å². The Labute approximate surface area is 90.2 Å². The molecule has 84 valence electrons. The van der Waals surface area contributed by atoms with E-state index in [1.807, 2.05) is 0 Å². The van der Waals surface area contributed by atoms with E-state index in [-0.39, 0.29) is 0 Å². The summed E-state index contributed by atoms with van der Waals surface area (Å²) < 4.78 is 5.36. The number of aromatic nitrogens is 2. The molecule has 0 spiro atoms. The highest BCUT2D eigenvalue weighted by atomic mass is 16.5. The highest BCUT2D eigenvalue weighted by Gasteiger charge is 2.21. The van der Waals surface area contributed by atoms with E-state index < -0.39 is 0 Å². The smallest absolute Gasteiger partial charge is 0.112 e. The highest BCUT2D eigenvalue weighted by Crippen LogP contribution is 2.23. The number of H-pyrrole nitrogens is 1. The fourth-order valence-electron chi connectivity index (χ4n) is 1.98. The molecule has 0 amide bonds. The SMILES string of the molecule is Cc1[nH]c(C2CCOC2)nc1CCCN. The van der Waals surface area contributed by atoms with E-state index in [4.69, 9.17) is 10.5 Å². The van der Waals surface area contributed by atoms with Crippen molar-refractivity contribution in [1.29, 1.82) is 0 Å². The normalized spacial score (nSPS) is 21.1. The van der Waals surface area contributed by atoms with Crippen molar-refractivity contribution in [1.82, 2.24) is 9.97 Å². The Hall–Kier alpha value is -0.870. The first-order chi connectivity index (χ1) is 7.31. The predicted molar refractivity (Wildman–Crippen MR) is 58.9 cm³/mol. The molecule has 1 aliphatic rings. The molecule has 1 aromatic rings. The first kappa shape index (κ1) is 10.6. The molecular weight excluding hydrogens is 190 g/mol. The molecule has 2 heterocycles. The molecule has 2 rings (SSSR count). The minimum Gasteiger partial charge on any atom is -0.381 e. The molecule has 4 heteroatoms. The quantitative estimate of drug-likeness (QED) is 0.781. The van der Waals surface area contributed by atoms with Crippen molar-refractivity contribution >= 4 is 0 Å². The Morgan fingerprint density at radius 1 is 1.60 bits per heavy atom. The van der Waals surface area contributed by atoms with Crippen LogP contribution in [0.5, 0.6) is 0 Å². The van der Waals surface area contributed by atoms with Crippen molar-refractivity contribution in [2.24, 2.45) is 5.73 Å². The number of nitrogens with zero attached hydrogens (tertiary/aromatic N) is 1. The maximum atomic E-state index is 5.50. The van der Waals surface area contributed by atoms with Crippen molar-refractivity contribution < 1.29 is 4.74 Å². The van der Waals surface area contributed by atoms with Crippen LogP contribution in [-0.2, 0) is 11.2 Å². The second kappa shape index (κ2) is 4.77. The van der Waals surface area contributed by atoms with Gasteiger partial charge in [0.1, 0.15) is 5.82 Å². The second-order valence-electron chi connectivity index (χ2n) is 4.15. The highest BCUT2D eigenvalue weighted by molar-refractivity contribution is 5.16. The molecule has 1 atom stereocenters. The molecule has 1 aliphatic heterocycles. The van der Waals surface area contributed by atoms with E-state index in [9.17, 15) is 0 Å². The zero-order chi connectivity index (χ0) is 10.7. The summed E-state index contributed by atoms with van der Waals surface area (Å²) in [6.45, 7) is 4.48. The minimum absolute atomic E-state index is 0.468. The van der Waals surface area contributed by atoms with E-state index in [1.54, 1.807) is 0 Å². The van der Waals surface area contributed by atoms with E-state index in [2.05, 4.69) is 16.9 Å². The van der Waals surface area contributed by atoms with Crippen LogP contribution in [0.2, 0.25) is 0 Å². The molecule has 0 radical (unpaired) electrons. The van der Waals surface area contributed by atoms with Crippen molar-refractivity contribution in [2.75, 3.05) is 19.8 Å². The molecule has 1 aromatic heterocycles. The summed E-state index contributed by atoms with van der Waals surface area (Å²) in [5, 5.41) is 0. The van der Waals surface area contributed by atoms with Gasteiger partial charge < -0.3 is 15.5 Å². The second-order valence-corrected chi connectivity index (χ2v) is 4.15. The molecule has 1 fully saturated rings. The zero-order valence-electron chi connectivity index (χ0n) is 9.25. The fourth-order valence-corrected chi connectivity index (χ4v) is 1.98. The van der Waals surface area contributed by atoms with Gasteiger partial charge in [0.25, 0.3) is 0 Å². The van der Waals surface area contributed by atoms with Gasteiger partial charge in [0.15, 0.2) is 0 Å². The Kier molecular flexibility index (Phi) is 3.38. The molecule has 0 bridgehead atoms. The summed E-state index contributed by atoms with van der Waals surface area (Å²) in [6, 6.07) is 0. The minimum atomic E-state index is 0.468. The molecular formula is C11H19N3O. The molecule has 1 saturated heterocycles. The summed E-state index contributed by atoms with van der Waals surface area (Å²) in [5.74, 6) is 1.56. The topological polar surface area (TPSA) is 63.9 Å². The number of aryl methyl sites for hydroxylation is 2. The van der Waals surface area contributed by atoms with Crippen LogP contribution in [0.1, 0.15) is 36.0 Å². The van der Waals surface area contributed by atoms with Crippen LogP contribution >= 0.6 is 0 Å². The van der Waals surface area contributed by atoms with Crippen LogP contribution in [0, 0.1) is 6.92 Å². The van der Waals surface area contributed by atoms with E-state index in [1.165, 1.54) is 11.4 Å². The number of aromatic amines is 1. The van der Waals surface area contributed by atoms with Gasteiger partial charge in [0.05, 0.1) is 12.3 Å². The van der Waals surface area contributed by atoms with Crippen LogP contribution < -0.4 is 5.73 Å². The lowest BCUT2D eigenvalue weighted by atomic mass is 10.1. The lowest BCUT2D eigenvalue weighted by Crippen LogP contribution is -2.02. The standard InChI is InChI=1S/C11H19N3O/c1-8-10(3-2-5-12)14-11(13-8)9-4-6-15-7-9/h9H,2-7,12H2,1H3,(H,13,14). The molecule has 0 aromatic carbocycles. The van der Waals surface area contributed by atoms with Crippen LogP contribution in [0.25, 0.3) is 0 Å². The van der Waals surface area contributed by atoms with Gasteiger partial charge >= 0.3 is 0 Å². The summed E-state index contributed by atoms with van der Waals surface area (Å²) in [4.78, 5) is 8.00. The number of ether oxygens (including phenoxy) is 1. The number of nitrogens with one attached hydrogen (secondary N) is 1. The van der Waals surface area contributed by atoms with Gasteiger partial charge in [-0.3, -0.25) is 0 Å². The van der Waals surface area contributed by atoms with Crippen molar-refractivity contribution in [3.63, 3.8) is 0 Å². The third-order valence-corrected chi connectivity index (χ3v) is 2.94. The number of imidazole rings is 1. The third-order valence-electron chi connectivity index (χ3n) is 2.94.